The molecule has 6 rings (SSSR count). The summed E-state index contributed by atoms with van der Waals surface area (Å²) in [6, 6.07) is 6.36. The summed E-state index contributed by atoms with van der Waals surface area (Å²) < 4.78 is 26.8. The zero-order chi connectivity index (χ0) is 27.3. The molecule has 39 heavy (non-hydrogen) atoms. The van der Waals surface area contributed by atoms with Crippen LogP contribution in [0.5, 0.6) is 11.6 Å². The average Bonchev–Trinajstić information content (AvgIpc) is 2.94. The summed E-state index contributed by atoms with van der Waals surface area (Å²) in [6.07, 6.45) is 4.14. The number of pyridine rings is 1. The minimum atomic E-state index is -0.528. The van der Waals surface area contributed by atoms with Crippen LogP contribution in [0, 0.1) is 12.7 Å². The molecule has 0 atom stereocenters. The topological polar surface area (TPSA) is 110 Å². The highest BCUT2D eigenvalue weighted by atomic mass is 19.1. The van der Waals surface area contributed by atoms with Crippen molar-refractivity contribution >= 4 is 33.9 Å². The van der Waals surface area contributed by atoms with Gasteiger partial charge in [-0.3, -0.25) is 4.90 Å². The number of nitrogens with two attached hydrogens (primary N) is 1. The number of nitrogens with one attached hydrogen (secondary N) is 2. The second-order valence-electron chi connectivity index (χ2n) is 10.3. The summed E-state index contributed by atoms with van der Waals surface area (Å²) in [6.45, 7) is 9.43. The summed E-state index contributed by atoms with van der Waals surface area (Å²) in [4.78, 5) is 16.0. The van der Waals surface area contributed by atoms with E-state index in [2.05, 4.69) is 51.5 Å². The van der Waals surface area contributed by atoms with Gasteiger partial charge in [0.15, 0.2) is 5.82 Å². The predicted octanol–water partition coefficient (Wildman–Crippen LogP) is 5.04. The Labute approximate surface area is 226 Å². The highest BCUT2D eigenvalue weighted by molar-refractivity contribution is 5.96. The standard InChI is InChI=1S/C29H32FN7O2/c1-15(2)37-7-5-17-10-24(38-4)23(9-18(17)14-37)36-29-34-13-21-22(35-29)11-19(25(30)26(21)31)20-12-33-28-27(16(20)3)32-6-8-39-28/h9-13,15,32H,5-8,14,31H2,1-4H3,(H,34,35,36). The molecule has 2 aromatic carbocycles. The van der Waals surface area contributed by atoms with Crippen LogP contribution in [0.4, 0.5) is 27.4 Å². The molecule has 2 aromatic heterocycles. The molecule has 4 aromatic rings. The fourth-order valence-electron chi connectivity index (χ4n) is 5.36. The van der Waals surface area contributed by atoms with Gasteiger partial charge in [-0.1, -0.05) is 0 Å². The number of anilines is 4. The minimum Gasteiger partial charge on any atom is -0.495 e. The van der Waals surface area contributed by atoms with Crippen molar-refractivity contribution in [2.45, 2.75) is 39.8 Å². The Kier molecular flexibility index (Phi) is 6.34. The number of nitrogen functional groups attached to an aromatic ring is 1. The van der Waals surface area contributed by atoms with Gasteiger partial charge in [0.25, 0.3) is 0 Å². The quantitative estimate of drug-likeness (QED) is 0.306. The van der Waals surface area contributed by atoms with Gasteiger partial charge in [0.05, 0.1) is 24.0 Å². The van der Waals surface area contributed by atoms with Crippen LogP contribution in [0.1, 0.15) is 30.5 Å². The first-order valence-corrected chi connectivity index (χ1v) is 13.2. The van der Waals surface area contributed by atoms with Crippen molar-refractivity contribution in [1.29, 1.82) is 0 Å². The molecular weight excluding hydrogens is 497 g/mol. The minimum absolute atomic E-state index is 0.00415. The number of halogens is 1. The SMILES string of the molecule is COc1cc2c(cc1Nc1ncc3c(N)c(F)c(-c4cnc5c(c4C)NCCO5)cc3n1)CN(C(C)C)CC2. The van der Waals surface area contributed by atoms with Crippen molar-refractivity contribution in [3.63, 3.8) is 0 Å². The lowest BCUT2D eigenvalue weighted by Gasteiger charge is -2.32. The summed E-state index contributed by atoms with van der Waals surface area (Å²) in [5.74, 6) is 1.07. The van der Waals surface area contributed by atoms with Gasteiger partial charge in [0.1, 0.15) is 18.0 Å². The lowest BCUT2D eigenvalue weighted by atomic mass is 9.97. The van der Waals surface area contributed by atoms with Crippen LogP contribution >= 0.6 is 0 Å². The number of rotatable bonds is 5. The predicted molar refractivity (Wildman–Crippen MR) is 151 cm³/mol. The number of methoxy groups -OCH3 is 1. The normalized spacial score (nSPS) is 14.9. The first kappa shape index (κ1) is 25.1. The molecule has 202 valence electrons. The van der Waals surface area contributed by atoms with Crippen molar-refractivity contribution in [2.75, 3.05) is 43.2 Å². The van der Waals surface area contributed by atoms with Crippen LogP contribution in [0.15, 0.2) is 30.6 Å². The maximum Gasteiger partial charge on any atom is 0.237 e. The van der Waals surface area contributed by atoms with Gasteiger partial charge < -0.3 is 25.8 Å². The summed E-state index contributed by atoms with van der Waals surface area (Å²) in [5.41, 5.74) is 12.6. The van der Waals surface area contributed by atoms with E-state index in [1.54, 1.807) is 25.6 Å². The number of hydrogen-bond donors (Lipinski definition) is 3. The van der Waals surface area contributed by atoms with Crippen molar-refractivity contribution < 1.29 is 13.9 Å². The average molecular weight is 530 g/mol. The van der Waals surface area contributed by atoms with E-state index in [0.29, 0.717) is 53.1 Å². The Balaban J connectivity index is 1.39. The fourth-order valence-corrected chi connectivity index (χ4v) is 5.36. The largest absolute Gasteiger partial charge is 0.495 e. The molecule has 0 aliphatic carbocycles. The van der Waals surface area contributed by atoms with E-state index in [1.807, 2.05) is 6.92 Å². The summed E-state index contributed by atoms with van der Waals surface area (Å²) in [5, 5.41) is 7.06. The molecule has 4 N–H and O–H groups in total. The van der Waals surface area contributed by atoms with Crippen LogP contribution in [-0.4, -0.2) is 52.7 Å². The summed E-state index contributed by atoms with van der Waals surface area (Å²) in [7, 11) is 1.65. The van der Waals surface area contributed by atoms with E-state index in [-0.39, 0.29) is 5.69 Å². The van der Waals surface area contributed by atoms with E-state index >= 15 is 4.39 Å². The number of nitrogens with zero attached hydrogens (tertiary/aromatic N) is 4. The Morgan fingerprint density at radius 2 is 2.00 bits per heavy atom. The molecule has 0 saturated carbocycles. The maximum atomic E-state index is 15.5. The van der Waals surface area contributed by atoms with Crippen molar-refractivity contribution in [1.82, 2.24) is 19.9 Å². The molecule has 4 heterocycles. The third kappa shape index (κ3) is 4.44. The molecule has 2 aliphatic rings. The van der Waals surface area contributed by atoms with Gasteiger partial charge in [0.2, 0.25) is 11.8 Å². The summed E-state index contributed by atoms with van der Waals surface area (Å²) >= 11 is 0. The van der Waals surface area contributed by atoms with Gasteiger partial charge in [-0.2, -0.15) is 0 Å². The van der Waals surface area contributed by atoms with E-state index in [0.717, 1.165) is 42.2 Å². The third-order valence-electron chi connectivity index (χ3n) is 7.64. The zero-order valence-electron chi connectivity index (χ0n) is 22.6. The highest BCUT2D eigenvalue weighted by Crippen LogP contribution is 2.39. The fraction of sp³-hybridized carbons (Fsp3) is 0.345. The van der Waals surface area contributed by atoms with Crippen LogP contribution in [-0.2, 0) is 13.0 Å². The molecule has 0 spiro atoms. The Bertz CT molecular complexity index is 1590. The van der Waals surface area contributed by atoms with Gasteiger partial charge in [-0.25, -0.2) is 19.3 Å². The van der Waals surface area contributed by atoms with E-state index < -0.39 is 5.82 Å². The highest BCUT2D eigenvalue weighted by Gasteiger charge is 2.23. The molecule has 10 heteroatoms. The molecule has 0 amide bonds. The third-order valence-corrected chi connectivity index (χ3v) is 7.64. The molecule has 0 fully saturated rings. The van der Waals surface area contributed by atoms with Gasteiger partial charge in [0, 0.05) is 54.6 Å². The zero-order valence-corrected chi connectivity index (χ0v) is 22.6. The van der Waals surface area contributed by atoms with Crippen LogP contribution in [0.3, 0.4) is 0 Å². The smallest absolute Gasteiger partial charge is 0.237 e. The molecular formula is C29H32FN7O2. The molecule has 0 saturated heterocycles. The van der Waals surface area contributed by atoms with Gasteiger partial charge in [-0.15, -0.1) is 0 Å². The molecule has 0 bridgehead atoms. The first-order chi connectivity index (χ1) is 18.8. The van der Waals surface area contributed by atoms with Crippen molar-refractivity contribution in [3.05, 3.63) is 53.1 Å². The number of benzene rings is 2. The van der Waals surface area contributed by atoms with E-state index in [9.17, 15) is 0 Å². The number of ether oxygens (including phenoxy) is 2. The second kappa shape index (κ2) is 9.85. The monoisotopic (exact) mass is 529 g/mol. The van der Waals surface area contributed by atoms with Crippen molar-refractivity contribution in [2.24, 2.45) is 0 Å². The molecule has 9 nitrogen and oxygen atoms in total. The van der Waals surface area contributed by atoms with Crippen LogP contribution in [0.2, 0.25) is 0 Å². The number of fused-ring (bicyclic) bond motifs is 3. The van der Waals surface area contributed by atoms with Gasteiger partial charge >= 0.3 is 0 Å². The Morgan fingerprint density at radius 1 is 1.15 bits per heavy atom. The maximum absolute atomic E-state index is 15.5. The molecule has 0 radical (unpaired) electrons. The van der Waals surface area contributed by atoms with Crippen LogP contribution < -0.4 is 25.8 Å². The number of aromatic nitrogens is 3. The molecule has 0 unspecified atom stereocenters. The van der Waals surface area contributed by atoms with Crippen LogP contribution in [0.25, 0.3) is 22.0 Å². The Hall–Kier alpha value is -4.18. The van der Waals surface area contributed by atoms with E-state index in [1.165, 1.54) is 11.1 Å². The first-order valence-electron chi connectivity index (χ1n) is 13.2. The lowest BCUT2D eigenvalue weighted by Crippen LogP contribution is -2.35. The van der Waals surface area contributed by atoms with E-state index in [4.69, 9.17) is 20.2 Å². The number of hydrogen-bond acceptors (Lipinski definition) is 9. The lowest BCUT2D eigenvalue weighted by molar-refractivity contribution is 0.203. The van der Waals surface area contributed by atoms with Crippen molar-refractivity contribution in [3.8, 4) is 22.8 Å². The molecule has 2 aliphatic heterocycles. The Morgan fingerprint density at radius 3 is 2.79 bits per heavy atom. The second-order valence-corrected chi connectivity index (χ2v) is 10.3. The van der Waals surface area contributed by atoms with Gasteiger partial charge in [-0.05, 0) is 62.1 Å².